The number of hydrogen-bond donors (Lipinski definition) is 2. The van der Waals surface area contributed by atoms with Crippen molar-refractivity contribution in [2.24, 2.45) is 17.4 Å². The molecule has 0 spiro atoms. The molecule has 0 saturated heterocycles. The summed E-state index contributed by atoms with van der Waals surface area (Å²) >= 11 is 0. The standard InChI is InChI=1S/C14H22FN3O/c1-10(2)8-18(9-14(17)19)13(7-16)11-3-5-12(15)6-4-11/h3-6,10,13H,7-9,16H2,1-2H3,(H2,17,19). The second-order valence-electron chi connectivity index (χ2n) is 5.09. The molecule has 4 nitrogen and oxygen atoms in total. The summed E-state index contributed by atoms with van der Waals surface area (Å²) in [5, 5.41) is 0. The number of halogens is 1. The van der Waals surface area contributed by atoms with E-state index in [1.54, 1.807) is 12.1 Å². The molecule has 1 aromatic rings. The minimum atomic E-state index is -0.388. The number of benzene rings is 1. The van der Waals surface area contributed by atoms with Crippen LogP contribution in [0.3, 0.4) is 0 Å². The topological polar surface area (TPSA) is 72.3 Å². The minimum absolute atomic E-state index is 0.129. The second kappa shape index (κ2) is 7.21. The van der Waals surface area contributed by atoms with E-state index < -0.39 is 0 Å². The van der Waals surface area contributed by atoms with E-state index in [-0.39, 0.29) is 24.3 Å². The molecule has 0 fully saturated rings. The smallest absolute Gasteiger partial charge is 0.231 e. The predicted molar refractivity (Wildman–Crippen MR) is 73.8 cm³/mol. The number of amides is 1. The lowest BCUT2D eigenvalue weighted by Crippen LogP contribution is -2.41. The van der Waals surface area contributed by atoms with Crippen molar-refractivity contribution in [2.75, 3.05) is 19.6 Å². The monoisotopic (exact) mass is 267 g/mol. The lowest BCUT2D eigenvalue weighted by molar-refractivity contribution is -0.119. The molecule has 106 valence electrons. The normalized spacial score (nSPS) is 12.9. The van der Waals surface area contributed by atoms with Crippen LogP contribution in [-0.4, -0.2) is 30.4 Å². The van der Waals surface area contributed by atoms with E-state index >= 15 is 0 Å². The Balaban J connectivity index is 2.94. The molecule has 0 saturated carbocycles. The first kappa shape index (κ1) is 15.6. The van der Waals surface area contributed by atoms with E-state index in [1.807, 2.05) is 4.90 Å². The van der Waals surface area contributed by atoms with Crippen LogP contribution < -0.4 is 11.5 Å². The van der Waals surface area contributed by atoms with E-state index in [9.17, 15) is 9.18 Å². The summed E-state index contributed by atoms with van der Waals surface area (Å²) in [6, 6.07) is 6.06. The Morgan fingerprint density at radius 1 is 1.32 bits per heavy atom. The van der Waals surface area contributed by atoms with Crippen LogP contribution in [0.1, 0.15) is 25.5 Å². The summed E-state index contributed by atoms with van der Waals surface area (Å²) in [6.45, 7) is 5.34. The van der Waals surface area contributed by atoms with Crippen molar-refractivity contribution in [3.05, 3.63) is 35.6 Å². The fourth-order valence-corrected chi connectivity index (χ4v) is 2.15. The number of nitrogens with two attached hydrogens (primary N) is 2. The van der Waals surface area contributed by atoms with Gasteiger partial charge in [-0.3, -0.25) is 9.69 Å². The Hall–Kier alpha value is -1.46. The van der Waals surface area contributed by atoms with Gasteiger partial charge >= 0.3 is 0 Å². The van der Waals surface area contributed by atoms with Gasteiger partial charge in [-0.25, -0.2) is 4.39 Å². The molecule has 0 aliphatic heterocycles. The molecule has 0 radical (unpaired) electrons. The van der Waals surface area contributed by atoms with Crippen molar-refractivity contribution in [3.63, 3.8) is 0 Å². The highest BCUT2D eigenvalue weighted by Crippen LogP contribution is 2.21. The van der Waals surface area contributed by atoms with E-state index in [4.69, 9.17) is 11.5 Å². The molecule has 0 aliphatic rings. The Morgan fingerprint density at radius 3 is 2.32 bits per heavy atom. The third kappa shape index (κ3) is 4.96. The van der Waals surface area contributed by atoms with Gasteiger partial charge in [0.25, 0.3) is 0 Å². The lowest BCUT2D eigenvalue weighted by atomic mass is 10.0. The van der Waals surface area contributed by atoms with Crippen LogP contribution in [0.4, 0.5) is 4.39 Å². The summed E-state index contributed by atoms with van der Waals surface area (Å²) < 4.78 is 13.0. The first-order chi connectivity index (χ1) is 8.93. The predicted octanol–water partition coefficient (Wildman–Crippen LogP) is 1.27. The van der Waals surface area contributed by atoms with Gasteiger partial charge in [0.15, 0.2) is 0 Å². The molecule has 19 heavy (non-hydrogen) atoms. The minimum Gasteiger partial charge on any atom is -0.369 e. The molecule has 1 unspecified atom stereocenters. The van der Waals surface area contributed by atoms with E-state index in [1.165, 1.54) is 12.1 Å². The summed E-state index contributed by atoms with van der Waals surface area (Å²) in [4.78, 5) is 13.1. The zero-order valence-electron chi connectivity index (χ0n) is 11.5. The molecular formula is C14H22FN3O. The highest BCUT2D eigenvalue weighted by molar-refractivity contribution is 5.76. The number of carbonyl (C=O) groups is 1. The lowest BCUT2D eigenvalue weighted by Gasteiger charge is -2.31. The molecule has 0 aromatic heterocycles. The van der Waals surface area contributed by atoms with Crippen LogP contribution >= 0.6 is 0 Å². The maximum Gasteiger partial charge on any atom is 0.231 e. The molecule has 0 aliphatic carbocycles. The zero-order chi connectivity index (χ0) is 14.4. The zero-order valence-corrected chi connectivity index (χ0v) is 11.5. The molecule has 5 heteroatoms. The van der Waals surface area contributed by atoms with Gasteiger partial charge in [-0.2, -0.15) is 0 Å². The average Bonchev–Trinajstić information content (AvgIpc) is 2.30. The molecule has 1 atom stereocenters. The van der Waals surface area contributed by atoms with Crippen LogP contribution in [-0.2, 0) is 4.79 Å². The van der Waals surface area contributed by atoms with Crippen LogP contribution in [0, 0.1) is 11.7 Å². The van der Waals surface area contributed by atoms with Gasteiger partial charge in [-0.15, -0.1) is 0 Å². The largest absolute Gasteiger partial charge is 0.369 e. The van der Waals surface area contributed by atoms with Gasteiger partial charge < -0.3 is 11.5 Å². The number of rotatable bonds is 7. The quantitative estimate of drug-likeness (QED) is 0.781. The summed E-state index contributed by atoms with van der Waals surface area (Å²) in [5.74, 6) is -0.292. The highest BCUT2D eigenvalue weighted by atomic mass is 19.1. The Bertz CT molecular complexity index is 406. The maximum absolute atomic E-state index is 13.0. The van der Waals surface area contributed by atoms with E-state index in [0.717, 1.165) is 5.56 Å². The molecule has 1 aromatic carbocycles. The molecular weight excluding hydrogens is 245 g/mol. The van der Waals surface area contributed by atoms with Crippen molar-refractivity contribution in [2.45, 2.75) is 19.9 Å². The molecule has 1 rings (SSSR count). The molecule has 4 N–H and O–H groups in total. The van der Waals surface area contributed by atoms with Gasteiger partial charge in [0, 0.05) is 19.1 Å². The Labute approximate surface area is 113 Å². The van der Waals surface area contributed by atoms with Crippen LogP contribution in [0.2, 0.25) is 0 Å². The van der Waals surface area contributed by atoms with Crippen LogP contribution in [0.5, 0.6) is 0 Å². The Kier molecular flexibility index (Phi) is 5.92. The number of primary amides is 1. The molecule has 0 heterocycles. The summed E-state index contributed by atoms with van der Waals surface area (Å²) in [6.07, 6.45) is 0. The fourth-order valence-electron chi connectivity index (χ4n) is 2.15. The molecule has 0 bridgehead atoms. The number of nitrogens with zero attached hydrogens (tertiary/aromatic N) is 1. The first-order valence-electron chi connectivity index (χ1n) is 6.42. The third-order valence-corrected chi connectivity index (χ3v) is 2.88. The SMILES string of the molecule is CC(C)CN(CC(N)=O)C(CN)c1ccc(F)cc1. The van der Waals surface area contributed by atoms with Gasteiger partial charge in [0.2, 0.25) is 5.91 Å². The van der Waals surface area contributed by atoms with Crippen molar-refractivity contribution in [3.8, 4) is 0 Å². The summed E-state index contributed by atoms with van der Waals surface area (Å²) in [5.41, 5.74) is 12.0. The highest BCUT2D eigenvalue weighted by Gasteiger charge is 2.21. The first-order valence-corrected chi connectivity index (χ1v) is 6.42. The number of carbonyl (C=O) groups excluding carboxylic acids is 1. The second-order valence-corrected chi connectivity index (χ2v) is 5.09. The van der Waals surface area contributed by atoms with Crippen molar-refractivity contribution < 1.29 is 9.18 Å². The van der Waals surface area contributed by atoms with Gasteiger partial charge in [0.05, 0.1) is 6.54 Å². The van der Waals surface area contributed by atoms with Crippen LogP contribution in [0.25, 0.3) is 0 Å². The third-order valence-electron chi connectivity index (χ3n) is 2.88. The van der Waals surface area contributed by atoms with E-state index in [2.05, 4.69) is 13.8 Å². The van der Waals surface area contributed by atoms with Gasteiger partial charge in [0.1, 0.15) is 5.82 Å². The number of hydrogen-bond acceptors (Lipinski definition) is 3. The Morgan fingerprint density at radius 2 is 1.89 bits per heavy atom. The average molecular weight is 267 g/mol. The van der Waals surface area contributed by atoms with E-state index in [0.29, 0.717) is 19.0 Å². The van der Waals surface area contributed by atoms with Crippen LogP contribution in [0.15, 0.2) is 24.3 Å². The van der Waals surface area contributed by atoms with Gasteiger partial charge in [-0.05, 0) is 23.6 Å². The van der Waals surface area contributed by atoms with Crippen molar-refractivity contribution in [1.29, 1.82) is 0 Å². The van der Waals surface area contributed by atoms with Crippen molar-refractivity contribution >= 4 is 5.91 Å². The van der Waals surface area contributed by atoms with Gasteiger partial charge in [-0.1, -0.05) is 26.0 Å². The fraction of sp³-hybridized carbons (Fsp3) is 0.500. The molecule has 1 amide bonds. The maximum atomic E-state index is 13.0. The summed E-state index contributed by atoms with van der Waals surface area (Å²) in [7, 11) is 0. The van der Waals surface area contributed by atoms with Crippen molar-refractivity contribution in [1.82, 2.24) is 4.90 Å².